The summed E-state index contributed by atoms with van der Waals surface area (Å²) in [6.07, 6.45) is 0.743. The highest BCUT2D eigenvalue weighted by atomic mass is 16.4. The number of aromatic amines is 1. The Labute approximate surface area is 85.4 Å². The molecule has 0 spiro atoms. The van der Waals surface area contributed by atoms with E-state index in [1.54, 1.807) is 12.1 Å². The fourth-order valence-corrected chi connectivity index (χ4v) is 1.56. The molecule has 0 atom stereocenters. The molecule has 2 aromatic rings. The minimum absolute atomic E-state index is 0.0320. The second-order valence-corrected chi connectivity index (χ2v) is 3.29. The molecule has 4 N–H and O–H groups in total. The summed E-state index contributed by atoms with van der Waals surface area (Å²) in [6, 6.07) is 3.38. The molecule has 0 aliphatic carbocycles. The maximum absolute atomic E-state index is 11.0. The predicted molar refractivity (Wildman–Crippen MR) is 57.2 cm³/mol. The zero-order valence-corrected chi connectivity index (χ0v) is 8.26. The third kappa shape index (κ3) is 1.52. The van der Waals surface area contributed by atoms with Crippen molar-refractivity contribution in [2.45, 2.75) is 13.3 Å². The monoisotopic (exact) mass is 205 g/mol. The van der Waals surface area contributed by atoms with Crippen LogP contribution in [0.5, 0.6) is 0 Å². The summed E-state index contributed by atoms with van der Waals surface area (Å²) < 4.78 is 4.94. The molecule has 2 rings (SSSR count). The Morgan fingerprint density at radius 3 is 2.93 bits per heavy atom. The van der Waals surface area contributed by atoms with E-state index >= 15 is 0 Å². The molecule has 1 aromatic carbocycles. The Morgan fingerprint density at radius 1 is 1.60 bits per heavy atom. The van der Waals surface area contributed by atoms with Crippen molar-refractivity contribution >= 4 is 16.9 Å². The van der Waals surface area contributed by atoms with Crippen LogP contribution in [0.1, 0.15) is 18.1 Å². The molecule has 5 heteroatoms. The molecule has 5 nitrogen and oxygen atoms in total. The Hall–Kier alpha value is -2.04. The molecule has 1 aromatic heterocycles. The minimum Gasteiger partial charge on any atom is -0.408 e. The first-order valence-electron chi connectivity index (χ1n) is 4.62. The second kappa shape index (κ2) is 3.27. The molecule has 0 aliphatic heterocycles. The average Bonchev–Trinajstić information content (AvgIpc) is 2.56. The van der Waals surface area contributed by atoms with Gasteiger partial charge in [-0.05, 0) is 24.1 Å². The standard InChI is InChI=1S/C10H11N3O2/c1-2-5-3-6(9(11)12)4-7-8(5)13-10(14)15-7/h3-4H,2H2,1H3,(H3,11,12)(H,13,14). The van der Waals surface area contributed by atoms with Gasteiger partial charge in [0.05, 0.1) is 5.52 Å². The molecule has 0 amide bonds. The first kappa shape index (κ1) is 9.51. The topological polar surface area (TPSA) is 95.9 Å². The molecule has 0 radical (unpaired) electrons. The highest BCUT2D eigenvalue weighted by molar-refractivity contribution is 5.98. The Morgan fingerprint density at radius 2 is 2.33 bits per heavy atom. The van der Waals surface area contributed by atoms with Crippen molar-refractivity contribution in [3.8, 4) is 0 Å². The fraction of sp³-hybridized carbons (Fsp3) is 0.200. The summed E-state index contributed by atoms with van der Waals surface area (Å²) in [5.41, 5.74) is 8.02. The zero-order chi connectivity index (χ0) is 11.0. The number of nitrogen functional groups attached to an aromatic ring is 1. The molecule has 0 unspecified atom stereocenters. The highest BCUT2D eigenvalue weighted by Crippen LogP contribution is 2.18. The number of fused-ring (bicyclic) bond motifs is 1. The Balaban J connectivity index is 2.81. The normalized spacial score (nSPS) is 10.7. The van der Waals surface area contributed by atoms with Crippen LogP contribution in [0.15, 0.2) is 21.3 Å². The highest BCUT2D eigenvalue weighted by Gasteiger charge is 2.09. The summed E-state index contributed by atoms with van der Waals surface area (Å²) in [7, 11) is 0. The maximum atomic E-state index is 11.0. The number of benzene rings is 1. The molecule has 0 saturated carbocycles. The number of hydrogen-bond donors (Lipinski definition) is 3. The van der Waals surface area contributed by atoms with E-state index in [0.717, 1.165) is 12.0 Å². The van der Waals surface area contributed by atoms with Crippen LogP contribution in [-0.4, -0.2) is 10.8 Å². The fourth-order valence-electron chi connectivity index (χ4n) is 1.56. The van der Waals surface area contributed by atoms with Crippen LogP contribution in [0.3, 0.4) is 0 Å². The number of nitrogens with two attached hydrogens (primary N) is 1. The van der Waals surface area contributed by atoms with Crippen molar-refractivity contribution in [3.63, 3.8) is 0 Å². The van der Waals surface area contributed by atoms with Gasteiger partial charge < -0.3 is 10.2 Å². The van der Waals surface area contributed by atoms with Gasteiger partial charge in [0.15, 0.2) is 5.58 Å². The van der Waals surface area contributed by atoms with Crippen LogP contribution in [0, 0.1) is 5.41 Å². The Bertz CT molecular complexity index is 580. The minimum atomic E-state index is -0.486. The summed E-state index contributed by atoms with van der Waals surface area (Å²) in [5, 5.41) is 7.34. The molecule has 1 heterocycles. The van der Waals surface area contributed by atoms with Crippen LogP contribution in [-0.2, 0) is 6.42 Å². The van der Waals surface area contributed by atoms with Gasteiger partial charge >= 0.3 is 5.76 Å². The lowest BCUT2D eigenvalue weighted by Gasteiger charge is -2.02. The number of rotatable bonds is 2. The number of oxazole rings is 1. The van der Waals surface area contributed by atoms with E-state index in [-0.39, 0.29) is 5.84 Å². The van der Waals surface area contributed by atoms with Gasteiger partial charge in [-0.3, -0.25) is 10.4 Å². The third-order valence-electron chi connectivity index (χ3n) is 2.31. The van der Waals surface area contributed by atoms with Gasteiger partial charge in [-0.2, -0.15) is 0 Å². The van der Waals surface area contributed by atoms with Gasteiger partial charge in [-0.1, -0.05) is 6.92 Å². The van der Waals surface area contributed by atoms with Gasteiger partial charge in [-0.25, -0.2) is 4.79 Å². The van der Waals surface area contributed by atoms with Crippen LogP contribution in [0.2, 0.25) is 0 Å². The number of amidine groups is 1. The summed E-state index contributed by atoms with van der Waals surface area (Å²) in [5.74, 6) is -0.518. The second-order valence-electron chi connectivity index (χ2n) is 3.29. The van der Waals surface area contributed by atoms with E-state index in [2.05, 4.69) is 4.98 Å². The van der Waals surface area contributed by atoms with E-state index in [1.165, 1.54) is 0 Å². The zero-order valence-electron chi connectivity index (χ0n) is 8.26. The molecular weight excluding hydrogens is 194 g/mol. The van der Waals surface area contributed by atoms with Crippen molar-refractivity contribution in [2.75, 3.05) is 0 Å². The smallest absolute Gasteiger partial charge is 0.408 e. The number of aryl methyl sites for hydroxylation is 1. The van der Waals surface area contributed by atoms with Crippen molar-refractivity contribution in [1.82, 2.24) is 4.98 Å². The molecule has 0 bridgehead atoms. The van der Waals surface area contributed by atoms with E-state index in [1.807, 2.05) is 6.92 Å². The Kier molecular flexibility index (Phi) is 2.07. The van der Waals surface area contributed by atoms with Crippen LogP contribution in [0.25, 0.3) is 11.1 Å². The lowest BCUT2D eigenvalue weighted by atomic mass is 10.1. The summed E-state index contributed by atoms with van der Waals surface area (Å²) in [4.78, 5) is 13.6. The van der Waals surface area contributed by atoms with Gasteiger partial charge in [0.1, 0.15) is 5.84 Å². The van der Waals surface area contributed by atoms with Crippen molar-refractivity contribution in [3.05, 3.63) is 33.8 Å². The van der Waals surface area contributed by atoms with Gasteiger partial charge in [-0.15, -0.1) is 0 Å². The van der Waals surface area contributed by atoms with Crippen molar-refractivity contribution in [1.29, 1.82) is 5.41 Å². The lowest BCUT2D eigenvalue weighted by molar-refractivity contribution is 0.555. The largest absolute Gasteiger partial charge is 0.417 e. The summed E-state index contributed by atoms with van der Waals surface area (Å²) >= 11 is 0. The number of nitrogens with one attached hydrogen (secondary N) is 2. The molecule has 15 heavy (non-hydrogen) atoms. The lowest BCUT2D eigenvalue weighted by Crippen LogP contribution is -2.11. The molecular formula is C10H11N3O2. The third-order valence-corrected chi connectivity index (χ3v) is 2.31. The average molecular weight is 205 g/mol. The van der Waals surface area contributed by atoms with Crippen LogP contribution in [0.4, 0.5) is 0 Å². The first-order chi connectivity index (χ1) is 7.11. The molecule has 0 fully saturated rings. The number of aromatic nitrogens is 1. The van der Waals surface area contributed by atoms with E-state index in [4.69, 9.17) is 15.6 Å². The maximum Gasteiger partial charge on any atom is 0.417 e. The van der Waals surface area contributed by atoms with Crippen molar-refractivity contribution < 1.29 is 4.42 Å². The SMILES string of the molecule is CCc1cc(C(=N)N)cc2oc(=O)[nH]c12. The first-order valence-corrected chi connectivity index (χ1v) is 4.62. The van der Waals surface area contributed by atoms with E-state index in [0.29, 0.717) is 16.7 Å². The number of H-pyrrole nitrogens is 1. The van der Waals surface area contributed by atoms with Gasteiger partial charge in [0, 0.05) is 5.56 Å². The van der Waals surface area contributed by atoms with Gasteiger partial charge in [0.2, 0.25) is 0 Å². The van der Waals surface area contributed by atoms with Gasteiger partial charge in [0.25, 0.3) is 0 Å². The molecule has 0 aliphatic rings. The summed E-state index contributed by atoms with van der Waals surface area (Å²) in [6.45, 7) is 1.96. The predicted octanol–water partition coefficient (Wildman–Crippen LogP) is 0.968. The van der Waals surface area contributed by atoms with E-state index in [9.17, 15) is 4.79 Å². The van der Waals surface area contributed by atoms with Crippen LogP contribution < -0.4 is 11.5 Å². The molecule has 0 saturated heterocycles. The number of hydrogen-bond acceptors (Lipinski definition) is 3. The van der Waals surface area contributed by atoms with E-state index < -0.39 is 5.76 Å². The van der Waals surface area contributed by atoms with Crippen molar-refractivity contribution in [2.24, 2.45) is 5.73 Å². The quantitative estimate of drug-likeness (QED) is 0.503. The molecule has 78 valence electrons. The van der Waals surface area contributed by atoms with Crippen LogP contribution >= 0.6 is 0 Å².